The molecule has 2 rings (SSSR count). The smallest absolute Gasteiger partial charge is 0.123 e. The molecule has 16 heavy (non-hydrogen) atoms. The van der Waals surface area contributed by atoms with Gasteiger partial charge in [0.1, 0.15) is 5.82 Å². The number of halogens is 1. The fourth-order valence-electron chi connectivity index (χ4n) is 2.44. The molecular formula is C13H17FO2. The average Bonchev–Trinajstić information content (AvgIpc) is 2.29. The second kappa shape index (κ2) is 4.52. The summed E-state index contributed by atoms with van der Waals surface area (Å²) in [6.45, 7) is 0. The summed E-state index contributed by atoms with van der Waals surface area (Å²) in [5.41, 5.74) is -0.268. The van der Waals surface area contributed by atoms with Crippen LogP contribution in [0.25, 0.3) is 0 Å². The van der Waals surface area contributed by atoms with Crippen LogP contribution < -0.4 is 0 Å². The Balaban J connectivity index is 2.23. The third kappa shape index (κ3) is 2.25. The van der Waals surface area contributed by atoms with Crippen molar-refractivity contribution < 1.29 is 14.2 Å². The number of benzene rings is 1. The van der Waals surface area contributed by atoms with E-state index in [-0.39, 0.29) is 11.9 Å². The zero-order valence-electron chi connectivity index (χ0n) is 9.45. The van der Waals surface area contributed by atoms with Gasteiger partial charge in [0.05, 0.1) is 11.7 Å². The fourth-order valence-corrected chi connectivity index (χ4v) is 2.44. The van der Waals surface area contributed by atoms with Crippen molar-refractivity contribution >= 4 is 0 Å². The topological polar surface area (TPSA) is 29.5 Å². The molecule has 3 heteroatoms. The minimum Gasteiger partial charge on any atom is -0.385 e. The third-order valence-corrected chi connectivity index (χ3v) is 3.38. The lowest BCUT2D eigenvalue weighted by Gasteiger charge is -2.36. The van der Waals surface area contributed by atoms with E-state index in [0.717, 1.165) is 12.8 Å². The molecule has 1 saturated carbocycles. The Kier molecular flexibility index (Phi) is 3.26. The van der Waals surface area contributed by atoms with Gasteiger partial charge in [-0.1, -0.05) is 12.1 Å². The zero-order valence-corrected chi connectivity index (χ0v) is 9.45. The number of hydrogen-bond acceptors (Lipinski definition) is 2. The Morgan fingerprint density at radius 2 is 2.31 bits per heavy atom. The Morgan fingerprint density at radius 3 is 3.00 bits per heavy atom. The van der Waals surface area contributed by atoms with Crippen LogP contribution in [0, 0.1) is 5.82 Å². The molecule has 1 aliphatic rings. The van der Waals surface area contributed by atoms with E-state index < -0.39 is 5.60 Å². The van der Waals surface area contributed by atoms with E-state index in [0.29, 0.717) is 18.4 Å². The Labute approximate surface area is 95.1 Å². The van der Waals surface area contributed by atoms with Gasteiger partial charge in [-0.3, -0.25) is 0 Å². The summed E-state index contributed by atoms with van der Waals surface area (Å²) in [5.74, 6) is -0.300. The van der Waals surface area contributed by atoms with Crippen LogP contribution in [0.5, 0.6) is 0 Å². The van der Waals surface area contributed by atoms with E-state index in [9.17, 15) is 9.50 Å². The molecule has 2 nitrogen and oxygen atoms in total. The minimum atomic E-state index is -0.930. The molecule has 0 spiro atoms. The van der Waals surface area contributed by atoms with Gasteiger partial charge in [0.2, 0.25) is 0 Å². The number of hydrogen-bond donors (Lipinski definition) is 1. The van der Waals surface area contributed by atoms with Gasteiger partial charge in [0, 0.05) is 13.5 Å². The number of ether oxygens (including phenoxy) is 1. The molecule has 0 aliphatic heterocycles. The van der Waals surface area contributed by atoms with E-state index in [2.05, 4.69) is 0 Å². The summed E-state index contributed by atoms with van der Waals surface area (Å²) in [6.07, 6.45) is 3.17. The van der Waals surface area contributed by atoms with Gasteiger partial charge < -0.3 is 9.84 Å². The van der Waals surface area contributed by atoms with Gasteiger partial charge in [-0.2, -0.15) is 0 Å². The first-order valence-electron chi connectivity index (χ1n) is 5.65. The van der Waals surface area contributed by atoms with Crippen molar-refractivity contribution in [1.82, 2.24) is 0 Å². The second-order valence-corrected chi connectivity index (χ2v) is 4.50. The largest absolute Gasteiger partial charge is 0.385 e. The van der Waals surface area contributed by atoms with Crippen LogP contribution in [0.2, 0.25) is 0 Å². The normalized spacial score (nSPS) is 30.3. The molecule has 88 valence electrons. The van der Waals surface area contributed by atoms with Crippen molar-refractivity contribution in [3.8, 4) is 0 Å². The number of rotatable bonds is 2. The predicted octanol–water partition coefficient (Wildman–Crippen LogP) is 2.60. The van der Waals surface area contributed by atoms with Crippen LogP contribution in [0.1, 0.15) is 31.2 Å². The molecule has 1 aromatic carbocycles. The van der Waals surface area contributed by atoms with Gasteiger partial charge in [-0.15, -0.1) is 0 Å². The lowest BCUT2D eigenvalue weighted by molar-refractivity contribution is -0.0633. The molecule has 0 radical (unpaired) electrons. The molecule has 2 atom stereocenters. The van der Waals surface area contributed by atoms with Crippen molar-refractivity contribution in [2.24, 2.45) is 0 Å². The van der Waals surface area contributed by atoms with Crippen LogP contribution in [-0.4, -0.2) is 18.3 Å². The lowest BCUT2D eigenvalue weighted by Crippen LogP contribution is -2.35. The van der Waals surface area contributed by atoms with Crippen LogP contribution in [0.4, 0.5) is 4.39 Å². The molecule has 0 aromatic heterocycles. The average molecular weight is 224 g/mol. The maximum absolute atomic E-state index is 13.1. The molecule has 2 unspecified atom stereocenters. The highest BCUT2D eigenvalue weighted by Gasteiger charge is 2.36. The van der Waals surface area contributed by atoms with E-state index in [1.165, 1.54) is 12.1 Å². The van der Waals surface area contributed by atoms with Gasteiger partial charge in [-0.05, 0) is 37.0 Å². The minimum absolute atomic E-state index is 0.0713. The first kappa shape index (κ1) is 11.6. The molecule has 0 bridgehead atoms. The van der Waals surface area contributed by atoms with Crippen molar-refractivity contribution in [2.75, 3.05) is 7.11 Å². The maximum atomic E-state index is 13.1. The Bertz CT molecular complexity index is 367. The monoisotopic (exact) mass is 224 g/mol. The number of aliphatic hydroxyl groups is 1. The quantitative estimate of drug-likeness (QED) is 0.836. The predicted molar refractivity (Wildman–Crippen MR) is 59.6 cm³/mol. The van der Waals surface area contributed by atoms with Crippen molar-refractivity contribution in [3.05, 3.63) is 35.6 Å². The third-order valence-electron chi connectivity index (χ3n) is 3.38. The first-order valence-corrected chi connectivity index (χ1v) is 5.65. The highest BCUT2D eigenvalue weighted by molar-refractivity contribution is 5.24. The van der Waals surface area contributed by atoms with E-state index in [4.69, 9.17) is 4.74 Å². The van der Waals surface area contributed by atoms with Crippen LogP contribution in [0.3, 0.4) is 0 Å². The highest BCUT2D eigenvalue weighted by Crippen LogP contribution is 2.38. The standard InChI is InChI=1S/C13H17FO2/c1-16-12-6-3-7-13(15,9-12)10-4-2-5-11(14)8-10/h2,4-5,8,12,15H,3,6-7,9H2,1H3. The van der Waals surface area contributed by atoms with Crippen molar-refractivity contribution in [2.45, 2.75) is 37.4 Å². The van der Waals surface area contributed by atoms with Crippen LogP contribution in [-0.2, 0) is 10.3 Å². The highest BCUT2D eigenvalue weighted by atomic mass is 19.1. The SMILES string of the molecule is COC1CCCC(O)(c2cccc(F)c2)C1. The molecule has 0 amide bonds. The Hall–Kier alpha value is -0.930. The van der Waals surface area contributed by atoms with Gasteiger partial charge in [0.15, 0.2) is 0 Å². The summed E-state index contributed by atoms with van der Waals surface area (Å²) >= 11 is 0. The molecule has 1 N–H and O–H groups in total. The van der Waals surface area contributed by atoms with Crippen molar-refractivity contribution in [3.63, 3.8) is 0 Å². The van der Waals surface area contributed by atoms with Crippen molar-refractivity contribution in [1.29, 1.82) is 0 Å². The van der Waals surface area contributed by atoms with Crippen LogP contribution in [0.15, 0.2) is 24.3 Å². The Morgan fingerprint density at radius 1 is 1.50 bits per heavy atom. The van der Waals surface area contributed by atoms with Gasteiger partial charge >= 0.3 is 0 Å². The zero-order chi connectivity index (χ0) is 11.6. The number of methoxy groups -OCH3 is 1. The van der Waals surface area contributed by atoms with Crippen LogP contribution >= 0.6 is 0 Å². The molecule has 0 saturated heterocycles. The summed E-state index contributed by atoms with van der Waals surface area (Å²) in [7, 11) is 1.65. The van der Waals surface area contributed by atoms with Gasteiger partial charge in [-0.25, -0.2) is 4.39 Å². The molecular weight excluding hydrogens is 207 g/mol. The lowest BCUT2D eigenvalue weighted by atomic mass is 9.78. The molecule has 1 aromatic rings. The summed E-state index contributed by atoms with van der Waals surface area (Å²) in [4.78, 5) is 0. The maximum Gasteiger partial charge on any atom is 0.123 e. The van der Waals surface area contributed by atoms with E-state index in [1.807, 2.05) is 0 Å². The summed E-state index contributed by atoms with van der Waals surface area (Å²) in [6, 6.07) is 6.22. The molecule has 1 aliphatic carbocycles. The van der Waals surface area contributed by atoms with Gasteiger partial charge in [0.25, 0.3) is 0 Å². The molecule has 0 heterocycles. The van der Waals surface area contributed by atoms with E-state index >= 15 is 0 Å². The summed E-state index contributed by atoms with van der Waals surface area (Å²) < 4.78 is 18.4. The fraction of sp³-hybridized carbons (Fsp3) is 0.538. The van der Waals surface area contributed by atoms with E-state index in [1.54, 1.807) is 19.2 Å². The first-order chi connectivity index (χ1) is 7.64. The summed E-state index contributed by atoms with van der Waals surface area (Å²) in [5, 5.41) is 10.5. The molecule has 1 fully saturated rings. The second-order valence-electron chi connectivity index (χ2n) is 4.50.